The van der Waals surface area contributed by atoms with E-state index in [1.807, 2.05) is 6.92 Å². The Bertz CT molecular complexity index is 427. The number of thioether (sulfide) groups is 1. The highest BCUT2D eigenvalue weighted by molar-refractivity contribution is 9.10. The van der Waals surface area contributed by atoms with Crippen LogP contribution in [0.3, 0.4) is 0 Å². The third-order valence-electron chi connectivity index (χ3n) is 2.90. The molecule has 86 valence electrons. The normalized spacial score (nSPS) is 24.7. The highest BCUT2D eigenvalue weighted by Crippen LogP contribution is 2.41. The molecule has 0 spiro atoms. The van der Waals surface area contributed by atoms with E-state index in [0.29, 0.717) is 5.56 Å². The smallest absolute Gasteiger partial charge is 0.179 e. The highest BCUT2D eigenvalue weighted by atomic mass is 79.9. The second kappa shape index (κ2) is 4.49. The van der Waals surface area contributed by atoms with E-state index >= 15 is 0 Å². The fourth-order valence-corrected chi connectivity index (χ4v) is 3.64. The number of benzene rings is 1. The largest absolute Gasteiger partial charge is 0.293 e. The van der Waals surface area contributed by atoms with Gasteiger partial charge in [-0.1, -0.05) is 12.1 Å². The Morgan fingerprint density at radius 1 is 1.56 bits per heavy atom. The molecule has 1 unspecified atom stereocenters. The summed E-state index contributed by atoms with van der Waals surface area (Å²) >= 11 is 4.82. The highest BCUT2D eigenvalue weighted by Gasteiger charge is 2.38. The number of hydrogen-bond acceptors (Lipinski definition) is 2. The Morgan fingerprint density at radius 2 is 2.31 bits per heavy atom. The molecule has 0 bridgehead atoms. The predicted octanol–water partition coefficient (Wildman–Crippen LogP) is 4.06. The Balaban J connectivity index is 2.37. The summed E-state index contributed by atoms with van der Waals surface area (Å²) in [6.07, 6.45) is 1.93. The molecule has 1 aliphatic rings. The lowest BCUT2D eigenvalue weighted by Gasteiger charge is -2.21. The molecule has 0 amide bonds. The second-order valence-electron chi connectivity index (χ2n) is 4.11. The Morgan fingerprint density at radius 3 is 2.94 bits per heavy atom. The van der Waals surface area contributed by atoms with Crippen molar-refractivity contribution in [3.8, 4) is 0 Å². The van der Waals surface area contributed by atoms with Gasteiger partial charge in [-0.3, -0.25) is 4.79 Å². The standard InChI is InChI=1S/C12H12BrFOS/c1-12(6-3-7-16-12)11(15)8-4-2-5-9(14)10(8)13/h2,4-5H,3,6-7H2,1H3. The summed E-state index contributed by atoms with van der Waals surface area (Å²) in [5, 5.41) is 0. The number of hydrogen-bond donors (Lipinski definition) is 0. The number of carbonyl (C=O) groups is 1. The third-order valence-corrected chi connectivity index (χ3v) is 5.22. The molecule has 1 heterocycles. The molecule has 0 aromatic heterocycles. The molecule has 1 aromatic carbocycles. The Labute approximate surface area is 107 Å². The Hall–Kier alpha value is -0.350. The predicted molar refractivity (Wildman–Crippen MR) is 68.5 cm³/mol. The molecule has 0 aliphatic carbocycles. The van der Waals surface area contributed by atoms with Gasteiger partial charge in [0, 0.05) is 5.56 Å². The van der Waals surface area contributed by atoms with Crippen LogP contribution in [0.25, 0.3) is 0 Å². The van der Waals surface area contributed by atoms with E-state index < -0.39 is 0 Å². The van der Waals surface area contributed by atoms with Crippen LogP contribution in [0.4, 0.5) is 4.39 Å². The molecule has 1 aliphatic heterocycles. The molecular formula is C12H12BrFOS. The van der Waals surface area contributed by atoms with Gasteiger partial charge in [0.2, 0.25) is 0 Å². The molecule has 1 fully saturated rings. The fraction of sp³-hybridized carbons (Fsp3) is 0.417. The summed E-state index contributed by atoms with van der Waals surface area (Å²) < 4.78 is 13.3. The SMILES string of the molecule is CC1(C(=O)c2cccc(F)c2Br)CCCS1. The van der Waals surface area contributed by atoms with Crippen molar-refractivity contribution >= 4 is 33.5 Å². The zero-order valence-electron chi connectivity index (χ0n) is 8.93. The summed E-state index contributed by atoms with van der Waals surface area (Å²) in [4.78, 5) is 12.3. The molecule has 1 saturated heterocycles. The molecule has 0 saturated carbocycles. The van der Waals surface area contributed by atoms with Crippen molar-refractivity contribution in [3.05, 3.63) is 34.1 Å². The molecular weight excluding hydrogens is 291 g/mol. The number of carbonyl (C=O) groups excluding carboxylic acids is 1. The van der Waals surface area contributed by atoms with E-state index in [-0.39, 0.29) is 20.8 Å². The van der Waals surface area contributed by atoms with Crippen molar-refractivity contribution in [2.45, 2.75) is 24.5 Å². The van der Waals surface area contributed by atoms with Crippen LogP contribution in [0.1, 0.15) is 30.1 Å². The Kier molecular flexibility index (Phi) is 3.40. The molecule has 1 atom stereocenters. The van der Waals surface area contributed by atoms with Crippen LogP contribution in [-0.4, -0.2) is 16.3 Å². The van der Waals surface area contributed by atoms with Crippen LogP contribution in [0.5, 0.6) is 0 Å². The van der Waals surface area contributed by atoms with Gasteiger partial charge in [0.05, 0.1) is 9.22 Å². The van der Waals surface area contributed by atoms with Gasteiger partial charge in [0.1, 0.15) is 5.82 Å². The summed E-state index contributed by atoms with van der Waals surface area (Å²) in [5.41, 5.74) is 0.455. The first-order chi connectivity index (χ1) is 7.54. The van der Waals surface area contributed by atoms with E-state index in [4.69, 9.17) is 0 Å². The molecule has 0 radical (unpaired) electrons. The van der Waals surface area contributed by atoms with Crippen LogP contribution < -0.4 is 0 Å². The van der Waals surface area contributed by atoms with Crippen LogP contribution in [0.2, 0.25) is 0 Å². The maximum Gasteiger partial charge on any atom is 0.179 e. The summed E-state index contributed by atoms with van der Waals surface area (Å²) in [6.45, 7) is 1.95. The summed E-state index contributed by atoms with van der Waals surface area (Å²) in [7, 11) is 0. The van der Waals surface area contributed by atoms with Crippen molar-refractivity contribution in [1.82, 2.24) is 0 Å². The molecule has 2 rings (SSSR count). The lowest BCUT2D eigenvalue weighted by molar-refractivity contribution is 0.0947. The maximum atomic E-state index is 13.3. The maximum absolute atomic E-state index is 13.3. The van der Waals surface area contributed by atoms with Gasteiger partial charge in [0.25, 0.3) is 0 Å². The molecule has 1 nitrogen and oxygen atoms in total. The first-order valence-corrected chi connectivity index (χ1v) is 6.95. The first-order valence-electron chi connectivity index (χ1n) is 5.17. The van der Waals surface area contributed by atoms with E-state index in [1.165, 1.54) is 6.07 Å². The van der Waals surface area contributed by atoms with Gasteiger partial charge in [-0.2, -0.15) is 0 Å². The lowest BCUT2D eigenvalue weighted by Crippen LogP contribution is -2.29. The quantitative estimate of drug-likeness (QED) is 0.767. The van der Waals surface area contributed by atoms with Crippen molar-refractivity contribution < 1.29 is 9.18 Å². The van der Waals surface area contributed by atoms with Crippen LogP contribution in [0, 0.1) is 5.82 Å². The number of Topliss-reactive ketones (excluding diaryl/α,β-unsaturated/α-hetero) is 1. The van der Waals surface area contributed by atoms with E-state index in [9.17, 15) is 9.18 Å². The van der Waals surface area contributed by atoms with Crippen molar-refractivity contribution in [1.29, 1.82) is 0 Å². The van der Waals surface area contributed by atoms with Crippen molar-refractivity contribution in [2.75, 3.05) is 5.75 Å². The van der Waals surface area contributed by atoms with Crippen LogP contribution in [0.15, 0.2) is 22.7 Å². The van der Waals surface area contributed by atoms with Crippen LogP contribution >= 0.6 is 27.7 Å². The molecule has 0 N–H and O–H groups in total. The zero-order chi connectivity index (χ0) is 11.8. The number of ketones is 1. The number of rotatable bonds is 2. The van der Waals surface area contributed by atoms with E-state index in [1.54, 1.807) is 23.9 Å². The molecule has 16 heavy (non-hydrogen) atoms. The average molecular weight is 303 g/mol. The minimum Gasteiger partial charge on any atom is -0.293 e. The van der Waals surface area contributed by atoms with Crippen LogP contribution in [-0.2, 0) is 0 Å². The average Bonchev–Trinajstić information content (AvgIpc) is 2.70. The van der Waals surface area contributed by atoms with Gasteiger partial charge in [0.15, 0.2) is 5.78 Å². The van der Waals surface area contributed by atoms with Gasteiger partial charge in [-0.25, -0.2) is 4.39 Å². The van der Waals surface area contributed by atoms with Gasteiger partial charge < -0.3 is 0 Å². The lowest BCUT2D eigenvalue weighted by atomic mass is 9.94. The van der Waals surface area contributed by atoms with E-state index in [2.05, 4.69) is 15.9 Å². The topological polar surface area (TPSA) is 17.1 Å². The summed E-state index contributed by atoms with van der Waals surface area (Å²) in [6, 6.07) is 4.61. The van der Waals surface area contributed by atoms with Gasteiger partial charge in [-0.05, 0) is 47.5 Å². The van der Waals surface area contributed by atoms with E-state index in [0.717, 1.165) is 18.6 Å². The second-order valence-corrected chi connectivity index (χ2v) is 6.50. The summed E-state index contributed by atoms with van der Waals surface area (Å²) in [5.74, 6) is 0.661. The van der Waals surface area contributed by atoms with Crippen molar-refractivity contribution in [3.63, 3.8) is 0 Å². The minimum atomic E-state index is -0.379. The molecule has 4 heteroatoms. The van der Waals surface area contributed by atoms with Gasteiger partial charge in [-0.15, -0.1) is 11.8 Å². The minimum absolute atomic E-state index is 0.0291. The molecule has 1 aromatic rings. The first kappa shape index (κ1) is 12.1. The monoisotopic (exact) mass is 302 g/mol. The number of halogens is 2. The third kappa shape index (κ3) is 2.05. The van der Waals surface area contributed by atoms with Gasteiger partial charge >= 0.3 is 0 Å². The van der Waals surface area contributed by atoms with Crippen molar-refractivity contribution in [2.24, 2.45) is 0 Å². The fourth-order valence-electron chi connectivity index (χ4n) is 1.92. The zero-order valence-corrected chi connectivity index (χ0v) is 11.3.